The number of carbonyl (C=O) groups excluding carboxylic acids is 1. The minimum absolute atomic E-state index is 0.442. The summed E-state index contributed by atoms with van der Waals surface area (Å²) in [5, 5.41) is 16.0. The number of aliphatic hydroxyl groups is 1. The Balaban J connectivity index is 1.54. The van der Waals surface area contributed by atoms with Gasteiger partial charge in [0.2, 0.25) is 0 Å². The van der Waals surface area contributed by atoms with Crippen LogP contribution in [0.4, 0.5) is 0 Å². The third-order valence-corrected chi connectivity index (χ3v) is 5.08. The van der Waals surface area contributed by atoms with E-state index in [2.05, 4.69) is 10.5 Å². The predicted octanol–water partition coefficient (Wildman–Crippen LogP) is 4.99. The molecule has 0 atom stereocenters. The van der Waals surface area contributed by atoms with Crippen LogP contribution < -0.4 is 5.43 Å². The van der Waals surface area contributed by atoms with Crippen LogP contribution in [0.1, 0.15) is 16.9 Å². The molecule has 5 nitrogen and oxygen atoms in total. The van der Waals surface area contributed by atoms with Gasteiger partial charge in [-0.3, -0.25) is 4.79 Å². The molecule has 0 aliphatic heterocycles. The first-order valence-corrected chi connectivity index (χ1v) is 9.98. The summed E-state index contributed by atoms with van der Waals surface area (Å²) in [7, 11) is 0. The molecule has 31 heavy (non-hydrogen) atoms. The van der Waals surface area contributed by atoms with Crippen LogP contribution in [0, 0.1) is 0 Å². The van der Waals surface area contributed by atoms with Gasteiger partial charge in [0.1, 0.15) is 11.5 Å². The van der Waals surface area contributed by atoms with Crippen LogP contribution in [0.25, 0.3) is 11.3 Å². The Labute approximate surface area is 184 Å². The maximum Gasteiger partial charge on any atom is 0.281 e. The highest BCUT2D eigenvalue weighted by Crippen LogP contribution is 2.30. The summed E-state index contributed by atoms with van der Waals surface area (Å²) in [6, 6.07) is 28.3. The highest BCUT2D eigenvalue weighted by atomic mass is 35.5. The molecule has 0 aliphatic rings. The average molecular weight is 431 g/mol. The van der Waals surface area contributed by atoms with E-state index in [1.54, 1.807) is 72.8 Å². The summed E-state index contributed by atoms with van der Waals surface area (Å²) in [4.78, 5) is 13.0. The molecule has 4 rings (SSSR count). The molecule has 0 fully saturated rings. The Morgan fingerprint density at radius 1 is 0.871 bits per heavy atom. The van der Waals surface area contributed by atoms with Gasteiger partial charge in [-0.15, -0.1) is 0 Å². The Bertz CT molecular complexity index is 1150. The number of halogens is 1. The summed E-state index contributed by atoms with van der Waals surface area (Å²) in [6.07, 6.45) is 1.38. The number of amides is 1. The zero-order chi connectivity index (χ0) is 21.7. The third-order valence-electron chi connectivity index (χ3n) is 4.83. The van der Waals surface area contributed by atoms with Gasteiger partial charge in [-0.1, -0.05) is 72.3 Å². The number of nitrogens with one attached hydrogen (secondary N) is 1. The largest absolute Gasteiger partial charge is 0.455 e. The Morgan fingerprint density at radius 3 is 2.03 bits per heavy atom. The van der Waals surface area contributed by atoms with Crippen molar-refractivity contribution < 1.29 is 14.3 Å². The fourth-order valence-corrected chi connectivity index (χ4v) is 3.34. The smallest absolute Gasteiger partial charge is 0.281 e. The van der Waals surface area contributed by atoms with Gasteiger partial charge in [0.05, 0.1) is 6.21 Å². The summed E-state index contributed by atoms with van der Waals surface area (Å²) in [5.74, 6) is 0.424. The highest BCUT2D eigenvalue weighted by molar-refractivity contribution is 6.30. The second kappa shape index (κ2) is 9.00. The van der Waals surface area contributed by atoms with E-state index in [0.717, 1.165) is 5.56 Å². The summed E-state index contributed by atoms with van der Waals surface area (Å²) in [5.41, 5.74) is 2.29. The van der Waals surface area contributed by atoms with Gasteiger partial charge in [0.15, 0.2) is 5.60 Å². The summed E-state index contributed by atoms with van der Waals surface area (Å²) < 4.78 is 5.74. The van der Waals surface area contributed by atoms with Crippen molar-refractivity contribution in [3.63, 3.8) is 0 Å². The molecular formula is C25H19ClN2O3. The topological polar surface area (TPSA) is 74.8 Å². The van der Waals surface area contributed by atoms with E-state index >= 15 is 0 Å². The molecule has 0 bridgehead atoms. The third kappa shape index (κ3) is 4.43. The molecule has 0 unspecified atom stereocenters. The van der Waals surface area contributed by atoms with Gasteiger partial charge in [-0.05, 0) is 47.5 Å². The quantitative estimate of drug-likeness (QED) is 0.334. The van der Waals surface area contributed by atoms with Crippen LogP contribution in [-0.4, -0.2) is 17.2 Å². The second-order valence-electron chi connectivity index (χ2n) is 6.85. The van der Waals surface area contributed by atoms with E-state index < -0.39 is 11.5 Å². The van der Waals surface area contributed by atoms with Crippen molar-refractivity contribution in [2.75, 3.05) is 0 Å². The second-order valence-corrected chi connectivity index (χ2v) is 7.29. The van der Waals surface area contributed by atoms with Crippen LogP contribution in [0.5, 0.6) is 0 Å². The molecule has 154 valence electrons. The number of hydrazone groups is 1. The van der Waals surface area contributed by atoms with Gasteiger partial charge in [0, 0.05) is 10.6 Å². The van der Waals surface area contributed by atoms with Gasteiger partial charge in [-0.25, -0.2) is 5.43 Å². The lowest BCUT2D eigenvalue weighted by atomic mass is 9.85. The van der Waals surface area contributed by atoms with E-state index in [0.29, 0.717) is 27.7 Å². The average Bonchev–Trinajstić information content (AvgIpc) is 3.29. The van der Waals surface area contributed by atoms with E-state index in [4.69, 9.17) is 16.0 Å². The van der Waals surface area contributed by atoms with Crippen LogP contribution >= 0.6 is 11.6 Å². The van der Waals surface area contributed by atoms with Crippen molar-refractivity contribution in [2.24, 2.45) is 5.10 Å². The molecule has 1 heterocycles. The van der Waals surface area contributed by atoms with Crippen molar-refractivity contribution in [3.8, 4) is 11.3 Å². The Morgan fingerprint density at radius 2 is 1.45 bits per heavy atom. The molecule has 4 aromatic rings. The number of hydrogen-bond acceptors (Lipinski definition) is 4. The molecule has 3 aromatic carbocycles. The van der Waals surface area contributed by atoms with E-state index in [1.807, 2.05) is 24.3 Å². The minimum atomic E-state index is -1.89. The van der Waals surface area contributed by atoms with E-state index in [-0.39, 0.29) is 0 Å². The SMILES string of the molecule is O=C(NN=Cc1ccc(-c2ccc(Cl)cc2)o1)C(O)(c1ccccc1)c1ccccc1. The zero-order valence-electron chi connectivity index (χ0n) is 16.4. The lowest BCUT2D eigenvalue weighted by Crippen LogP contribution is -2.43. The number of hydrogen-bond donors (Lipinski definition) is 2. The fourth-order valence-electron chi connectivity index (χ4n) is 3.21. The molecule has 1 aromatic heterocycles. The zero-order valence-corrected chi connectivity index (χ0v) is 17.2. The van der Waals surface area contributed by atoms with E-state index in [9.17, 15) is 9.90 Å². The molecule has 0 radical (unpaired) electrons. The molecule has 1 amide bonds. The normalized spacial score (nSPS) is 11.5. The van der Waals surface area contributed by atoms with Crippen molar-refractivity contribution >= 4 is 23.7 Å². The molecule has 0 saturated heterocycles. The molecule has 0 spiro atoms. The van der Waals surface area contributed by atoms with Crippen LogP contribution in [0.2, 0.25) is 5.02 Å². The van der Waals surface area contributed by atoms with Crippen molar-refractivity contribution in [3.05, 3.63) is 119 Å². The molecular weight excluding hydrogens is 412 g/mol. The maximum absolute atomic E-state index is 13.0. The first-order chi connectivity index (χ1) is 15.1. The van der Waals surface area contributed by atoms with Gasteiger partial charge in [0.25, 0.3) is 5.91 Å². The van der Waals surface area contributed by atoms with Crippen molar-refractivity contribution in [1.82, 2.24) is 5.43 Å². The summed E-state index contributed by atoms with van der Waals surface area (Å²) in [6.45, 7) is 0. The monoisotopic (exact) mass is 430 g/mol. The standard InChI is InChI=1S/C25H19ClN2O3/c26-21-13-11-18(12-14-21)23-16-15-22(31-23)17-27-28-24(29)25(30,19-7-3-1-4-8-19)20-9-5-2-6-10-20/h1-17,30H,(H,28,29). The predicted molar refractivity (Wildman–Crippen MR) is 121 cm³/mol. The molecule has 6 heteroatoms. The number of nitrogens with zero attached hydrogens (tertiary/aromatic N) is 1. The van der Waals surface area contributed by atoms with Crippen LogP contribution in [0.15, 0.2) is 107 Å². The maximum atomic E-state index is 13.0. The molecule has 2 N–H and O–H groups in total. The number of furan rings is 1. The van der Waals surface area contributed by atoms with Crippen LogP contribution in [-0.2, 0) is 10.4 Å². The Kier molecular flexibility index (Phi) is 5.98. The Hall–Kier alpha value is -3.67. The first kappa shape index (κ1) is 20.6. The lowest BCUT2D eigenvalue weighted by Gasteiger charge is -2.26. The van der Waals surface area contributed by atoms with E-state index in [1.165, 1.54) is 6.21 Å². The lowest BCUT2D eigenvalue weighted by molar-refractivity contribution is -0.136. The summed E-state index contributed by atoms with van der Waals surface area (Å²) >= 11 is 5.92. The highest BCUT2D eigenvalue weighted by Gasteiger charge is 2.39. The number of carbonyl (C=O) groups is 1. The van der Waals surface area contributed by atoms with Gasteiger partial charge >= 0.3 is 0 Å². The first-order valence-electron chi connectivity index (χ1n) is 9.60. The van der Waals surface area contributed by atoms with Gasteiger partial charge in [-0.2, -0.15) is 5.10 Å². The molecule has 0 aliphatic carbocycles. The fraction of sp³-hybridized carbons (Fsp3) is 0.0400. The number of benzene rings is 3. The number of rotatable bonds is 6. The van der Waals surface area contributed by atoms with Gasteiger partial charge < -0.3 is 9.52 Å². The molecule has 0 saturated carbocycles. The van der Waals surface area contributed by atoms with Crippen molar-refractivity contribution in [1.29, 1.82) is 0 Å². The van der Waals surface area contributed by atoms with Crippen LogP contribution in [0.3, 0.4) is 0 Å². The minimum Gasteiger partial charge on any atom is -0.455 e. The van der Waals surface area contributed by atoms with Crippen molar-refractivity contribution in [2.45, 2.75) is 5.60 Å².